The van der Waals surface area contributed by atoms with Crippen LogP contribution in [-0.2, 0) is 23.0 Å². The summed E-state index contributed by atoms with van der Waals surface area (Å²) in [4.78, 5) is 2.56. The maximum absolute atomic E-state index is 9.19. The van der Waals surface area contributed by atoms with Gasteiger partial charge >= 0.3 is 0 Å². The van der Waals surface area contributed by atoms with Crippen molar-refractivity contribution in [3.63, 3.8) is 0 Å². The Morgan fingerprint density at radius 2 is 1.77 bits per heavy atom. The zero-order chi connectivity index (χ0) is 21.9. The molecule has 0 spiro atoms. The second kappa shape index (κ2) is 9.37. The number of rotatable bonds is 4. The molecule has 2 aromatic carbocycles. The molecule has 30 heavy (non-hydrogen) atoms. The third kappa shape index (κ3) is 5.53. The second-order valence-electron chi connectivity index (χ2n) is 8.17. The molecule has 6 nitrogen and oxygen atoms in total. The van der Waals surface area contributed by atoms with Gasteiger partial charge in [-0.1, -0.05) is 18.2 Å². The van der Waals surface area contributed by atoms with Crippen LogP contribution in [0.1, 0.15) is 29.0 Å². The van der Waals surface area contributed by atoms with Crippen LogP contribution in [0.15, 0.2) is 42.5 Å². The Kier molecular flexibility index (Phi) is 7.06. The number of methoxy groups -OCH3 is 2. The average Bonchev–Trinajstić information content (AvgIpc) is 3.02. The summed E-state index contributed by atoms with van der Waals surface area (Å²) < 4.78 is 36.7. The number of hydrogen-bond donors (Lipinski definition) is 1. The van der Waals surface area contributed by atoms with Gasteiger partial charge in [-0.3, -0.25) is 4.55 Å². The van der Waals surface area contributed by atoms with Crippen molar-refractivity contribution in [3.05, 3.63) is 59.2 Å². The van der Waals surface area contributed by atoms with E-state index in [1.54, 1.807) is 14.2 Å². The van der Waals surface area contributed by atoms with Crippen LogP contribution in [0.5, 0.6) is 11.5 Å². The van der Waals surface area contributed by atoms with E-state index in [9.17, 15) is 8.42 Å². The Morgan fingerprint density at radius 1 is 1.10 bits per heavy atom. The monoisotopic (exact) mass is 433 g/mol. The van der Waals surface area contributed by atoms with E-state index in [-0.39, 0.29) is 0 Å². The minimum Gasteiger partial charge on any atom is -0.497 e. The Bertz CT molecular complexity index is 967. The van der Waals surface area contributed by atoms with Gasteiger partial charge in [-0.05, 0) is 73.2 Å². The molecule has 1 saturated heterocycles. The van der Waals surface area contributed by atoms with E-state index >= 15 is 0 Å². The molecule has 164 valence electrons. The van der Waals surface area contributed by atoms with Gasteiger partial charge in [0.1, 0.15) is 11.5 Å². The first-order valence-electron chi connectivity index (χ1n) is 10.1. The maximum atomic E-state index is 9.19. The molecular weight excluding hydrogens is 402 g/mol. The van der Waals surface area contributed by atoms with Crippen molar-refractivity contribution in [3.8, 4) is 11.5 Å². The van der Waals surface area contributed by atoms with E-state index in [0.29, 0.717) is 18.2 Å². The van der Waals surface area contributed by atoms with Gasteiger partial charge in [0.15, 0.2) is 0 Å². The minimum atomic E-state index is -3.67. The van der Waals surface area contributed by atoms with Crippen molar-refractivity contribution >= 4 is 10.1 Å². The number of fused-ring (bicyclic) bond motifs is 3. The molecule has 1 aliphatic heterocycles. The zero-order valence-corrected chi connectivity index (χ0v) is 18.9. The molecule has 0 bridgehead atoms. The number of likely N-dealkylation sites (tertiary alicyclic amines) is 1. The highest BCUT2D eigenvalue weighted by Gasteiger charge is 2.43. The van der Waals surface area contributed by atoms with Crippen molar-refractivity contribution in [2.24, 2.45) is 5.92 Å². The molecule has 1 N–H and O–H groups in total. The van der Waals surface area contributed by atoms with Gasteiger partial charge in [0.25, 0.3) is 10.1 Å². The van der Waals surface area contributed by atoms with Gasteiger partial charge in [0.05, 0.1) is 20.5 Å². The molecule has 0 radical (unpaired) electrons. The molecule has 0 amide bonds. The summed E-state index contributed by atoms with van der Waals surface area (Å²) in [6.45, 7) is 1.15. The fraction of sp³-hybridized carbons (Fsp3) is 0.478. The molecule has 1 aliphatic carbocycles. The quantitative estimate of drug-likeness (QED) is 0.745. The Labute approximate surface area is 179 Å². The number of hydrogen-bond acceptors (Lipinski definition) is 5. The van der Waals surface area contributed by atoms with Gasteiger partial charge in [-0.2, -0.15) is 8.42 Å². The van der Waals surface area contributed by atoms with E-state index in [2.05, 4.69) is 48.3 Å². The number of ether oxygens (including phenoxy) is 2. The van der Waals surface area contributed by atoms with Crippen LogP contribution in [0.2, 0.25) is 0 Å². The zero-order valence-electron chi connectivity index (χ0n) is 18.0. The highest BCUT2D eigenvalue weighted by molar-refractivity contribution is 7.85. The van der Waals surface area contributed by atoms with E-state index in [1.165, 1.54) is 23.1 Å². The molecule has 1 fully saturated rings. The summed E-state index contributed by atoms with van der Waals surface area (Å²) in [7, 11) is 2.11. The minimum absolute atomic E-state index is 0.604. The van der Waals surface area contributed by atoms with Gasteiger partial charge < -0.3 is 14.4 Å². The van der Waals surface area contributed by atoms with E-state index in [1.807, 2.05) is 6.07 Å². The predicted molar refractivity (Wildman–Crippen MR) is 118 cm³/mol. The van der Waals surface area contributed by atoms with Crippen molar-refractivity contribution in [1.82, 2.24) is 4.90 Å². The lowest BCUT2D eigenvalue weighted by molar-refractivity contribution is 0.259. The van der Waals surface area contributed by atoms with Crippen molar-refractivity contribution < 1.29 is 22.4 Å². The molecule has 7 heteroatoms. The summed E-state index contributed by atoms with van der Waals surface area (Å²) in [5.74, 6) is 3.32. The Morgan fingerprint density at radius 3 is 2.43 bits per heavy atom. The van der Waals surface area contributed by atoms with Crippen LogP contribution in [0.3, 0.4) is 0 Å². The Hall–Kier alpha value is -2.09. The van der Waals surface area contributed by atoms with Crippen LogP contribution in [0.4, 0.5) is 0 Å². The number of benzene rings is 2. The lowest BCUT2D eigenvalue weighted by Gasteiger charge is -2.31. The first kappa shape index (κ1) is 22.6. The number of nitrogens with zero attached hydrogens (tertiary/aromatic N) is 1. The largest absolute Gasteiger partial charge is 0.497 e. The van der Waals surface area contributed by atoms with Crippen LogP contribution in [-0.4, -0.2) is 58.0 Å². The molecule has 3 atom stereocenters. The lowest BCUT2D eigenvalue weighted by Crippen LogP contribution is -2.32. The van der Waals surface area contributed by atoms with Crippen molar-refractivity contribution in [2.45, 2.75) is 31.2 Å². The lowest BCUT2D eigenvalue weighted by atomic mass is 9.73. The molecule has 2 aliphatic rings. The first-order chi connectivity index (χ1) is 14.2. The third-order valence-electron chi connectivity index (χ3n) is 6.14. The second-order valence-corrected chi connectivity index (χ2v) is 9.64. The molecule has 2 aromatic rings. The van der Waals surface area contributed by atoms with Gasteiger partial charge in [-0.25, -0.2) is 0 Å². The fourth-order valence-corrected chi connectivity index (χ4v) is 4.86. The summed E-state index contributed by atoms with van der Waals surface area (Å²) in [6.07, 6.45) is 4.24. The van der Waals surface area contributed by atoms with Gasteiger partial charge in [0, 0.05) is 18.5 Å². The number of aryl methyl sites for hydroxylation is 1. The first-order valence-corrected chi connectivity index (χ1v) is 12.0. The maximum Gasteiger partial charge on any atom is 0.261 e. The highest BCUT2D eigenvalue weighted by atomic mass is 32.2. The van der Waals surface area contributed by atoms with Crippen LogP contribution in [0.25, 0.3) is 0 Å². The smallest absolute Gasteiger partial charge is 0.261 e. The predicted octanol–water partition coefficient (Wildman–Crippen LogP) is 3.41. The van der Waals surface area contributed by atoms with Crippen LogP contribution in [0, 0.1) is 5.92 Å². The molecule has 0 aromatic heterocycles. The summed E-state index contributed by atoms with van der Waals surface area (Å²) in [5, 5.41) is 0. The van der Waals surface area contributed by atoms with Crippen LogP contribution >= 0.6 is 0 Å². The normalized spacial score (nSPS) is 23.0. The molecular formula is C23H31NO5S. The standard InChI is InChI=1S/C22H27NO2.CH4O3S/c1-23-14-21-19-10-8-18(25-3)13-16(19)7-9-20(21)22(23)12-15-5-4-6-17(11-15)24-2;1-5(2,3)4/h4-6,8,10-11,13,20-22H,7,9,12,14H2,1-3H3;1H3,(H,2,3,4). The fourth-order valence-electron chi connectivity index (χ4n) is 4.86. The van der Waals surface area contributed by atoms with Gasteiger partial charge in [-0.15, -0.1) is 0 Å². The molecule has 3 unspecified atom stereocenters. The van der Waals surface area contributed by atoms with Crippen molar-refractivity contribution in [1.29, 1.82) is 0 Å². The molecule has 1 heterocycles. The summed E-state index contributed by atoms with van der Waals surface area (Å²) in [6, 6.07) is 15.8. The summed E-state index contributed by atoms with van der Waals surface area (Å²) in [5.41, 5.74) is 4.39. The van der Waals surface area contributed by atoms with E-state index < -0.39 is 10.1 Å². The SMILES string of the molecule is COc1cccc(CC2C3CCc4cc(OC)ccc4C3CN2C)c1.CS(=O)(=O)O. The van der Waals surface area contributed by atoms with Gasteiger partial charge in [0.2, 0.25) is 0 Å². The van der Waals surface area contributed by atoms with Crippen LogP contribution < -0.4 is 9.47 Å². The molecule has 0 saturated carbocycles. The number of likely N-dealkylation sites (N-methyl/N-ethyl adjacent to an activating group) is 1. The van der Waals surface area contributed by atoms with E-state index in [0.717, 1.165) is 36.8 Å². The molecule has 4 rings (SSSR count). The third-order valence-corrected chi connectivity index (χ3v) is 6.14. The Balaban J connectivity index is 0.000000461. The van der Waals surface area contributed by atoms with Crippen molar-refractivity contribution in [2.75, 3.05) is 34.1 Å². The average molecular weight is 434 g/mol. The highest BCUT2D eigenvalue weighted by Crippen LogP contribution is 2.46. The topological polar surface area (TPSA) is 76.1 Å². The van der Waals surface area contributed by atoms with E-state index in [4.69, 9.17) is 14.0 Å². The summed E-state index contributed by atoms with van der Waals surface area (Å²) >= 11 is 0.